The molecule has 1 aromatic heterocycles. The molecule has 0 radical (unpaired) electrons. The second-order valence-corrected chi connectivity index (χ2v) is 4.39. The second-order valence-electron chi connectivity index (χ2n) is 4.39. The monoisotopic (exact) mass is 235 g/mol. The number of aliphatic hydroxyl groups is 1. The normalized spacial score (nSPS) is 23.7. The van der Waals surface area contributed by atoms with Gasteiger partial charge in [0, 0.05) is 37.6 Å². The van der Waals surface area contributed by atoms with Crippen LogP contribution in [0.15, 0.2) is 18.3 Å². The first-order valence-corrected chi connectivity index (χ1v) is 5.68. The molecule has 17 heavy (non-hydrogen) atoms. The van der Waals surface area contributed by atoms with Gasteiger partial charge in [-0.15, -0.1) is 0 Å². The molecular formula is C12H17N3O2. The molecule has 1 saturated heterocycles. The Balaban J connectivity index is 2.14. The molecule has 1 amide bonds. The van der Waals surface area contributed by atoms with Gasteiger partial charge in [0.1, 0.15) is 0 Å². The number of rotatable bonds is 2. The predicted octanol–water partition coefficient (Wildman–Crippen LogP) is -0.205. The van der Waals surface area contributed by atoms with Crippen molar-refractivity contribution in [2.45, 2.75) is 19.1 Å². The zero-order chi connectivity index (χ0) is 12.4. The molecule has 2 rings (SSSR count). The molecule has 2 heterocycles. The Morgan fingerprint density at radius 3 is 2.94 bits per heavy atom. The van der Waals surface area contributed by atoms with Crippen LogP contribution in [0.25, 0.3) is 0 Å². The topological polar surface area (TPSA) is 65.5 Å². The highest BCUT2D eigenvalue weighted by Gasteiger charge is 2.31. The number of aliphatic hydroxyl groups excluding tert-OH is 1. The van der Waals surface area contributed by atoms with E-state index in [2.05, 4.69) is 10.3 Å². The second kappa shape index (κ2) is 4.81. The Hall–Kier alpha value is -1.46. The molecule has 1 aliphatic heterocycles. The summed E-state index contributed by atoms with van der Waals surface area (Å²) in [5.74, 6) is -0.0803. The Kier molecular flexibility index (Phi) is 3.40. The van der Waals surface area contributed by atoms with Crippen LogP contribution in [0, 0.1) is 6.92 Å². The molecule has 1 aliphatic rings. The van der Waals surface area contributed by atoms with E-state index in [1.165, 1.54) is 0 Å². The van der Waals surface area contributed by atoms with Gasteiger partial charge in [0.25, 0.3) is 5.91 Å². The van der Waals surface area contributed by atoms with Gasteiger partial charge in [0.05, 0.1) is 12.1 Å². The largest absolute Gasteiger partial charge is 0.390 e. The molecule has 0 aliphatic carbocycles. The van der Waals surface area contributed by atoms with E-state index in [9.17, 15) is 9.90 Å². The molecule has 1 aromatic rings. The van der Waals surface area contributed by atoms with Crippen molar-refractivity contribution >= 4 is 5.91 Å². The summed E-state index contributed by atoms with van der Waals surface area (Å²) in [6, 6.07) is 3.30. The fraction of sp³-hybridized carbons (Fsp3) is 0.500. The van der Waals surface area contributed by atoms with E-state index in [-0.39, 0.29) is 11.9 Å². The standard InChI is InChI=1S/C12H17N3O2/c1-8-5-9(3-4-14-8)12(17)15(2)10-6-13-7-11(10)16/h3-5,10-11,13,16H,6-7H2,1-2H3/t10-,11-/m0/s1. The smallest absolute Gasteiger partial charge is 0.254 e. The summed E-state index contributed by atoms with van der Waals surface area (Å²) in [4.78, 5) is 17.8. The first-order chi connectivity index (χ1) is 8.09. The fourth-order valence-electron chi connectivity index (χ4n) is 2.08. The number of hydrogen-bond donors (Lipinski definition) is 2. The zero-order valence-corrected chi connectivity index (χ0v) is 10.1. The summed E-state index contributed by atoms with van der Waals surface area (Å²) in [6.07, 6.45) is 1.13. The van der Waals surface area contributed by atoms with Crippen LogP contribution in [0.1, 0.15) is 16.1 Å². The van der Waals surface area contributed by atoms with E-state index >= 15 is 0 Å². The highest BCUT2D eigenvalue weighted by atomic mass is 16.3. The van der Waals surface area contributed by atoms with Crippen molar-refractivity contribution in [2.75, 3.05) is 20.1 Å². The van der Waals surface area contributed by atoms with E-state index in [1.807, 2.05) is 6.92 Å². The van der Waals surface area contributed by atoms with Gasteiger partial charge in [-0.25, -0.2) is 0 Å². The fourth-order valence-corrected chi connectivity index (χ4v) is 2.08. The zero-order valence-electron chi connectivity index (χ0n) is 10.1. The summed E-state index contributed by atoms with van der Waals surface area (Å²) in [7, 11) is 1.72. The molecule has 0 bridgehead atoms. The summed E-state index contributed by atoms with van der Waals surface area (Å²) < 4.78 is 0. The third-order valence-electron chi connectivity index (χ3n) is 3.11. The molecule has 2 atom stereocenters. The van der Waals surface area contributed by atoms with Crippen molar-refractivity contribution in [3.8, 4) is 0 Å². The highest BCUT2D eigenvalue weighted by molar-refractivity contribution is 5.94. The Labute approximate surface area is 100 Å². The van der Waals surface area contributed by atoms with Crippen molar-refractivity contribution in [3.63, 3.8) is 0 Å². The maximum atomic E-state index is 12.2. The van der Waals surface area contributed by atoms with Crippen molar-refractivity contribution in [1.29, 1.82) is 0 Å². The van der Waals surface area contributed by atoms with Crippen LogP contribution in [0.4, 0.5) is 0 Å². The summed E-state index contributed by atoms with van der Waals surface area (Å²) >= 11 is 0. The molecule has 0 unspecified atom stereocenters. The molecule has 0 saturated carbocycles. The number of β-amino-alcohol motifs (C(OH)–C–C–N with tert-alkyl or cyclic N) is 1. The average Bonchev–Trinajstić information content (AvgIpc) is 2.73. The number of aromatic nitrogens is 1. The number of carbonyl (C=O) groups is 1. The van der Waals surface area contributed by atoms with Gasteiger partial charge < -0.3 is 15.3 Å². The van der Waals surface area contributed by atoms with Gasteiger partial charge in [0.15, 0.2) is 0 Å². The van der Waals surface area contributed by atoms with Gasteiger partial charge in [-0.2, -0.15) is 0 Å². The van der Waals surface area contributed by atoms with Crippen molar-refractivity contribution in [3.05, 3.63) is 29.6 Å². The minimum absolute atomic E-state index is 0.0803. The Bertz CT molecular complexity index is 422. The van der Waals surface area contributed by atoms with Crippen LogP contribution < -0.4 is 5.32 Å². The molecule has 0 spiro atoms. The van der Waals surface area contributed by atoms with Gasteiger partial charge in [-0.3, -0.25) is 9.78 Å². The lowest BCUT2D eigenvalue weighted by molar-refractivity contribution is 0.0581. The first kappa shape index (κ1) is 12.0. The van der Waals surface area contributed by atoms with E-state index in [4.69, 9.17) is 0 Å². The number of likely N-dealkylation sites (N-methyl/N-ethyl adjacent to an activating group) is 1. The molecule has 5 nitrogen and oxygen atoms in total. The number of amides is 1. The molecular weight excluding hydrogens is 218 g/mol. The number of hydrogen-bond acceptors (Lipinski definition) is 4. The van der Waals surface area contributed by atoms with Crippen molar-refractivity contribution in [1.82, 2.24) is 15.2 Å². The van der Waals surface area contributed by atoms with Crippen LogP contribution in [-0.2, 0) is 0 Å². The van der Waals surface area contributed by atoms with Gasteiger partial charge in [-0.05, 0) is 19.1 Å². The highest BCUT2D eigenvalue weighted by Crippen LogP contribution is 2.12. The SMILES string of the molecule is Cc1cc(C(=O)N(C)[C@H]2CNC[C@@H]2O)ccn1. The molecule has 1 fully saturated rings. The Morgan fingerprint density at radius 2 is 2.35 bits per heavy atom. The Morgan fingerprint density at radius 1 is 1.59 bits per heavy atom. The van der Waals surface area contributed by atoms with Crippen LogP contribution in [-0.4, -0.2) is 53.2 Å². The molecule has 2 N–H and O–H groups in total. The van der Waals surface area contributed by atoms with Gasteiger partial charge in [0.2, 0.25) is 0 Å². The number of nitrogens with zero attached hydrogens (tertiary/aromatic N) is 2. The first-order valence-electron chi connectivity index (χ1n) is 5.68. The number of carbonyl (C=O) groups excluding carboxylic acids is 1. The lowest BCUT2D eigenvalue weighted by Gasteiger charge is -2.26. The summed E-state index contributed by atoms with van der Waals surface area (Å²) in [5, 5.41) is 12.8. The van der Waals surface area contributed by atoms with Crippen LogP contribution in [0.2, 0.25) is 0 Å². The third kappa shape index (κ3) is 2.45. The van der Waals surface area contributed by atoms with Crippen LogP contribution >= 0.6 is 0 Å². The third-order valence-corrected chi connectivity index (χ3v) is 3.11. The van der Waals surface area contributed by atoms with Crippen molar-refractivity contribution in [2.24, 2.45) is 0 Å². The molecule has 92 valence electrons. The number of aryl methyl sites for hydroxylation is 1. The van der Waals surface area contributed by atoms with Gasteiger partial charge in [-0.1, -0.05) is 0 Å². The molecule has 0 aromatic carbocycles. The van der Waals surface area contributed by atoms with Crippen molar-refractivity contribution < 1.29 is 9.90 Å². The van der Waals surface area contributed by atoms with Gasteiger partial charge >= 0.3 is 0 Å². The molecule has 5 heteroatoms. The minimum Gasteiger partial charge on any atom is -0.390 e. The van der Waals surface area contributed by atoms with E-state index in [1.54, 1.807) is 30.3 Å². The van der Waals surface area contributed by atoms with Crippen LogP contribution in [0.3, 0.4) is 0 Å². The average molecular weight is 235 g/mol. The summed E-state index contributed by atoms with van der Waals surface area (Å²) in [6.45, 7) is 3.02. The summed E-state index contributed by atoms with van der Waals surface area (Å²) in [5.41, 5.74) is 1.42. The number of pyridine rings is 1. The number of nitrogens with one attached hydrogen (secondary N) is 1. The van der Waals surface area contributed by atoms with Crippen LogP contribution in [0.5, 0.6) is 0 Å². The lowest BCUT2D eigenvalue weighted by Crippen LogP contribution is -2.44. The van der Waals surface area contributed by atoms with E-state index in [0.29, 0.717) is 18.7 Å². The van der Waals surface area contributed by atoms with E-state index < -0.39 is 6.10 Å². The lowest BCUT2D eigenvalue weighted by atomic mass is 10.1. The maximum absolute atomic E-state index is 12.2. The predicted molar refractivity (Wildman–Crippen MR) is 63.7 cm³/mol. The maximum Gasteiger partial charge on any atom is 0.254 e. The quantitative estimate of drug-likeness (QED) is 0.745. The minimum atomic E-state index is -0.494. The van der Waals surface area contributed by atoms with E-state index in [0.717, 1.165) is 5.69 Å².